The summed E-state index contributed by atoms with van der Waals surface area (Å²) in [7, 11) is 0. The number of hydrogen-bond donors (Lipinski definition) is 2. The molecule has 2 heterocycles. The predicted octanol–water partition coefficient (Wildman–Crippen LogP) is 2.86. The molecular weight excluding hydrogens is 300 g/mol. The molecule has 4 aromatic rings. The van der Waals surface area contributed by atoms with Crippen LogP contribution in [0.25, 0.3) is 33.2 Å². The maximum absolute atomic E-state index is 9.62. The Morgan fingerprint density at radius 2 is 1.75 bits per heavy atom. The van der Waals surface area contributed by atoms with E-state index in [1.165, 1.54) is 6.33 Å². The Balaban J connectivity index is 1.96. The van der Waals surface area contributed by atoms with E-state index < -0.39 is 0 Å². The lowest BCUT2D eigenvalue weighted by Gasteiger charge is -2.06. The van der Waals surface area contributed by atoms with Crippen LogP contribution < -0.4 is 5.73 Å². The van der Waals surface area contributed by atoms with Crippen LogP contribution in [0.4, 0.5) is 0 Å². The lowest BCUT2D eigenvalue weighted by Crippen LogP contribution is -2.05. The number of benzene rings is 2. The molecule has 114 valence electrons. The van der Waals surface area contributed by atoms with Gasteiger partial charge in [-0.05, 0) is 18.2 Å². The number of para-hydroxylation sites is 3. The highest BCUT2D eigenvalue weighted by Crippen LogP contribution is 2.25. The van der Waals surface area contributed by atoms with Crippen molar-refractivity contribution < 1.29 is 0 Å². The molecule has 0 amide bonds. The Bertz CT molecular complexity index is 1090. The molecule has 2 aromatic heterocycles. The first-order chi connectivity index (χ1) is 11.8. The minimum Gasteiger partial charge on any atom is -0.396 e. The predicted molar refractivity (Wildman–Crippen MR) is 92.2 cm³/mol. The van der Waals surface area contributed by atoms with Gasteiger partial charge in [0, 0.05) is 5.39 Å². The molecule has 0 spiro atoms. The number of aromatic nitrogens is 4. The molecule has 0 saturated heterocycles. The van der Waals surface area contributed by atoms with Crippen molar-refractivity contribution in [1.29, 1.82) is 5.26 Å². The minimum absolute atomic E-state index is 0.259. The Hall–Kier alpha value is -3.72. The number of nitrogens with two attached hydrogens (primary N) is 1. The molecule has 2 aromatic carbocycles. The summed E-state index contributed by atoms with van der Waals surface area (Å²) in [6, 6.07) is 17.2. The van der Waals surface area contributed by atoms with Gasteiger partial charge < -0.3 is 10.7 Å². The lowest BCUT2D eigenvalue weighted by molar-refractivity contribution is 1.18. The third-order valence-electron chi connectivity index (χ3n) is 3.81. The summed E-state index contributed by atoms with van der Waals surface area (Å²) >= 11 is 0. The van der Waals surface area contributed by atoms with Crippen molar-refractivity contribution in [1.82, 2.24) is 19.9 Å². The minimum atomic E-state index is 0.259. The molecule has 0 aliphatic rings. The smallest absolute Gasteiger partial charge is 0.151 e. The van der Waals surface area contributed by atoms with E-state index in [9.17, 15) is 5.26 Å². The number of imidazole rings is 1. The fourth-order valence-corrected chi connectivity index (χ4v) is 2.65. The van der Waals surface area contributed by atoms with Crippen molar-refractivity contribution >= 4 is 33.2 Å². The molecule has 0 aliphatic heterocycles. The van der Waals surface area contributed by atoms with E-state index in [1.54, 1.807) is 0 Å². The van der Waals surface area contributed by atoms with Gasteiger partial charge in [0.05, 0.1) is 27.9 Å². The van der Waals surface area contributed by atoms with Crippen molar-refractivity contribution in [2.75, 3.05) is 0 Å². The summed E-state index contributed by atoms with van der Waals surface area (Å²) < 4.78 is 0. The van der Waals surface area contributed by atoms with E-state index in [0.717, 1.165) is 21.9 Å². The van der Waals surface area contributed by atoms with Crippen molar-refractivity contribution in [3.8, 4) is 6.07 Å². The molecule has 0 aliphatic carbocycles. The second kappa shape index (κ2) is 5.48. The highest BCUT2D eigenvalue weighted by atomic mass is 14.9. The molecule has 0 unspecified atom stereocenters. The maximum Gasteiger partial charge on any atom is 0.151 e. The zero-order valence-corrected chi connectivity index (χ0v) is 12.6. The number of nitriles is 1. The summed E-state index contributed by atoms with van der Waals surface area (Å²) in [5.41, 5.74) is 9.73. The van der Waals surface area contributed by atoms with Crippen LogP contribution >= 0.6 is 0 Å². The summed E-state index contributed by atoms with van der Waals surface area (Å²) in [6.07, 6.45) is 1.44. The molecule has 0 bridgehead atoms. The first-order valence-corrected chi connectivity index (χ1v) is 7.33. The highest BCUT2D eigenvalue weighted by molar-refractivity contribution is 6.01. The molecule has 0 radical (unpaired) electrons. The van der Waals surface area contributed by atoms with E-state index >= 15 is 0 Å². The molecule has 24 heavy (non-hydrogen) atoms. The van der Waals surface area contributed by atoms with Crippen molar-refractivity contribution in [3.63, 3.8) is 0 Å². The number of fused-ring (bicyclic) bond motifs is 2. The second-order valence-corrected chi connectivity index (χ2v) is 5.24. The van der Waals surface area contributed by atoms with Gasteiger partial charge in [-0.1, -0.05) is 30.3 Å². The van der Waals surface area contributed by atoms with Gasteiger partial charge in [-0.2, -0.15) is 5.26 Å². The van der Waals surface area contributed by atoms with Crippen molar-refractivity contribution in [2.24, 2.45) is 5.73 Å². The van der Waals surface area contributed by atoms with Gasteiger partial charge >= 0.3 is 0 Å². The van der Waals surface area contributed by atoms with Crippen molar-refractivity contribution in [2.45, 2.75) is 0 Å². The molecule has 6 heteroatoms. The van der Waals surface area contributed by atoms with E-state index in [-0.39, 0.29) is 11.3 Å². The van der Waals surface area contributed by atoms with Crippen LogP contribution in [0.5, 0.6) is 0 Å². The summed E-state index contributed by atoms with van der Waals surface area (Å²) in [5.74, 6) is 0.430. The zero-order chi connectivity index (χ0) is 16.5. The van der Waals surface area contributed by atoms with Gasteiger partial charge in [-0.3, -0.25) is 0 Å². The van der Waals surface area contributed by atoms with E-state index in [1.807, 2.05) is 48.5 Å². The fourth-order valence-electron chi connectivity index (χ4n) is 2.65. The SMILES string of the molecule is N#C/C(=C(/N)c1ncnc2ccccc12)c1nc2ccccc2[nH]1. The van der Waals surface area contributed by atoms with Crippen LogP contribution in [-0.2, 0) is 0 Å². The average Bonchev–Trinajstić information content (AvgIpc) is 3.05. The third kappa shape index (κ3) is 2.16. The van der Waals surface area contributed by atoms with Crippen LogP contribution in [0, 0.1) is 11.3 Å². The average molecular weight is 312 g/mol. The normalized spacial score (nSPS) is 12.1. The van der Waals surface area contributed by atoms with Crippen LogP contribution in [0.3, 0.4) is 0 Å². The quantitative estimate of drug-likeness (QED) is 0.554. The molecule has 0 saturated carbocycles. The fraction of sp³-hybridized carbons (Fsp3) is 0. The Labute approximate surface area is 137 Å². The Morgan fingerprint density at radius 3 is 2.54 bits per heavy atom. The van der Waals surface area contributed by atoms with Crippen LogP contribution in [0.15, 0.2) is 54.9 Å². The molecule has 0 atom stereocenters. The van der Waals surface area contributed by atoms with Gasteiger partial charge in [-0.25, -0.2) is 15.0 Å². The van der Waals surface area contributed by atoms with Crippen LogP contribution in [0.2, 0.25) is 0 Å². The number of H-pyrrole nitrogens is 1. The summed E-state index contributed by atoms with van der Waals surface area (Å²) in [4.78, 5) is 16.1. The summed E-state index contributed by atoms with van der Waals surface area (Å²) in [5, 5.41) is 10.4. The molecule has 0 fully saturated rings. The highest BCUT2D eigenvalue weighted by Gasteiger charge is 2.15. The van der Waals surface area contributed by atoms with Gasteiger partial charge in [0.25, 0.3) is 0 Å². The standard InChI is InChI=1S/C18H12N6/c19-9-12(18-23-14-7-3-4-8-15(14)24-18)16(20)17-11-5-1-2-6-13(11)21-10-22-17/h1-8,10H,20H2,(H,23,24)/b16-12-. The van der Waals surface area contributed by atoms with Crippen molar-refractivity contribution in [3.05, 3.63) is 66.4 Å². The molecule has 3 N–H and O–H groups in total. The first-order valence-electron chi connectivity index (χ1n) is 7.33. The lowest BCUT2D eigenvalue weighted by atomic mass is 10.1. The van der Waals surface area contributed by atoms with E-state index in [0.29, 0.717) is 11.5 Å². The number of nitrogens with one attached hydrogen (secondary N) is 1. The monoisotopic (exact) mass is 312 g/mol. The van der Waals surface area contributed by atoms with E-state index in [4.69, 9.17) is 5.73 Å². The number of aromatic amines is 1. The molecular formula is C18H12N6. The zero-order valence-electron chi connectivity index (χ0n) is 12.6. The van der Waals surface area contributed by atoms with Crippen LogP contribution in [0.1, 0.15) is 11.5 Å². The number of allylic oxidation sites excluding steroid dienone is 1. The number of hydrogen-bond acceptors (Lipinski definition) is 5. The number of nitrogens with zero attached hydrogens (tertiary/aromatic N) is 4. The van der Waals surface area contributed by atoms with Crippen LogP contribution in [-0.4, -0.2) is 19.9 Å². The first kappa shape index (κ1) is 13.9. The number of rotatable bonds is 2. The van der Waals surface area contributed by atoms with Gasteiger partial charge in [0.1, 0.15) is 18.0 Å². The van der Waals surface area contributed by atoms with E-state index in [2.05, 4.69) is 26.0 Å². The maximum atomic E-state index is 9.62. The topological polar surface area (TPSA) is 104 Å². The van der Waals surface area contributed by atoms with Gasteiger partial charge in [0.15, 0.2) is 5.82 Å². The Morgan fingerprint density at radius 1 is 1.00 bits per heavy atom. The molecule has 4 rings (SSSR count). The van der Waals surface area contributed by atoms with Gasteiger partial charge in [0.2, 0.25) is 0 Å². The Kier molecular flexibility index (Phi) is 3.18. The third-order valence-corrected chi connectivity index (χ3v) is 3.81. The summed E-state index contributed by atoms with van der Waals surface area (Å²) in [6.45, 7) is 0. The second-order valence-electron chi connectivity index (χ2n) is 5.24. The van der Waals surface area contributed by atoms with Gasteiger partial charge in [-0.15, -0.1) is 0 Å². The largest absolute Gasteiger partial charge is 0.396 e. The molecule has 6 nitrogen and oxygen atoms in total.